The fourth-order valence-electron chi connectivity index (χ4n) is 2.47. The summed E-state index contributed by atoms with van der Waals surface area (Å²) in [6, 6.07) is 6.41. The Labute approximate surface area is 188 Å². The zero-order valence-electron chi connectivity index (χ0n) is 17.1. The fourth-order valence-corrected chi connectivity index (χ4v) is 2.47. The number of aliphatic imine (C=N–C) groups is 1. The van der Waals surface area contributed by atoms with Gasteiger partial charge in [-0.05, 0) is 24.1 Å². The highest BCUT2D eigenvalue weighted by molar-refractivity contribution is 14.0. The maximum absolute atomic E-state index is 13.0. The predicted molar refractivity (Wildman–Crippen MR) is 122 cm³/mol. The van der Waals surface area contributed by atoms with Crippen LogP contribution in [0.3, 0.4) is 0 Å². The van der Waals surface area contributed by atoms with Crippen LogP contribution in [-0.4, -0.2) is 65.3 Å². The molecule has 1 aromatic heterocycles. The summed E-state index contributed by atoms with van der Waals surface area (Å²) in [5, 5.41) is 14.4. The standard InChI is InChI=1S/C19H28FN7O.HI/c1-4-17-25-24-14-27(17)12-11-22-19(23-13-18(28)26(2)3)21-10-9-15-5-7-16(20)8-6-15;/h5-8,14H,4,9-13H2,1-3H3,(H2,21,22,23);1H. The van der Waals surface area contributed by atoms with Crippen molar-refractivity contribution in [2.75, 3.05) is 33.7 Å². The van der Waals surface area contributed by atoms with E-state index in [1.54, 1.807) is 32.6 Å². The van der Waals surface area contributed by atoms with Gasteiger partial charge in [-0.1, -0.05) is 19.1 Å². The molecule has 0 aliphatic carbocycles. The topological polar surface area (TPSA) is 87.4 Å². The van der Waals surface area contributed by atoms with Crippen LogP contribution in [0.1, 0.15) is 18.3 Å². The molecule has 2 rings (SSSR count). The number of aryl methyl sites for hydroxylation is 1. The monoisotopic (exact) mass is 517 g/mol. The average molecular weight is 517 g/mol. The third kappa shape index (κ3) is 8.75. The van der Waals surface area contributed by atoms with Gasteiger partial charge in [-0.25, -0.2) is 9.38 Å². The minimum Gasteiger partial charge on any atom is -0.356 e. The summed E-state index contributed by atoms with van der Waals surface area (Å²) in [6.07, 6.45) is 3.23. The van der Waals surface area contributed by atoms with Crippen molar-refractivity contribution in [3.63, 3.8) is 0 Å². The van der Waals surface area contributed by atoms with Crippen LogP contribution in [0.25, 0.3) is 0 Å². The van der Waals surface area contributed by atoms with Crippen LogP contribution >= 0.6 is 24.0 Å². The summed E-state index contributed by atoms with van der Waals surface area (Å²) in [4.78, 5) is 17.7. The molecule has 2 N–H and O–H groups in total. The van der Waals surface area contributed by atoms with Crippen molar-refractivity contribution < 1.29 is 9.18 Å². The maximum atomic E-state index is 13.0. The molecule has 0 saturated carbocycles. The Hall–Kier alpha value is -2.24. The van der Waals surface area contributed by atoms with E-state index in [0.29, 0.717) is 32.0 Å². The Bertz CT molecular complexity index is 777. The van der Waals surface area contributed by atoms with Gasteiger partial charge in [0.1, 0.15) is 24.5 Å². The first kappa shape index (κ1) is 24.8. The second-order valence-electron chi connectivity index (χ2n) is 6.48. The van der Waals surface area contributed by atoms with Crippen LogP contribution in [0.15, 0.2) is 35.6 Å². The Morgan fingerprint density at radius 3 is 2.55 bits per heavy atom. The number of benzene rings is 1. The molecule has 1 aromatic carbocycles. The van der Waals surface area contributed by atoms with Crippen molar-refractivity contribution in [1.82, 2.24) is 30.3 Å². The lowest BCUT2D eigenvalue weighted by Crippen LogP contribution is -2.40. The zero-order chi connectivity index (χ0) is 20.4. The molecule has 29 heavy (non-hydrogen) atoms. The van der Waals surface area contributed by atoms with Gasteiger partial charge in [0.15, 0.2) is 5.96 Å². The second-order valence-corrected chi connectivity index (χ2v) is 6.48. The number of hydrogen-bond donors (Lipinski definition) is 2. The number of aromatic nitrogens is 3. The Kier molecular flexibility index (Phi) is 11.2. The predicted octanol–water partition coefficient (Wildman–Crippen LogP) is 1.46. The van der Waals surface area contributed by atoms with Gasteiger partial charge >= 0.3 is 0 Å². The first-order chi connectivity index (χ1) is 13.5. The third-order valence-corrected chi connectivity index (χ3v) is 4.15. The zero-order valence-corrected chi connectivity index (χ0v) is 19.4. The number of hydrogen-bond acceptors (Lipinski definition) is 4. The Morgan fingerprint density at radius 2 is 1.90 bits per heavy atom. The van der Waals surface area contributed by atoms with Crippen molar-refractivity contribution in [1.29, 1.82) is 0 Å². The molecule has 0 fully saturated rings. The van der Waals surface area contributed by atoms with Crippen LogP contribution in [0, 0.1) is 5.82 Å². The third-order valence-electron chi connectivity index (χ3n) is 4.15. The van der Waals surface area contributed by atoms with E-state index in [9.17, 15) is 9.18 Å². The van der Waals surface area contributed by atoms with E-state index in [1.165, 1.54) is 17.0 Å². The number of likely N-dealkylation sites (N-methyl/N-ethyl adjacent to an activating group) is 1. The van der Waals surface area contributed by atoms with Gasteiger partial charge in [0.25, 0.3) is 0 Å². The van der Waals surface area contributed by atoms with Crippen molar-refractivity contribution >= 4 is 35.8 Å². The SMILES string of the molecule is CCc1nncn1CCNC(=NCC(=O)N(C)C)NCCc1ccc(F)cc1.I. The number of carbonyl (C=O) groups is 1. The molecule has 8 nitrogen and oxygen atoms in total. The smallest absolute Gasteiger partial charge is 0.243 e. The number of rotatable bonds is 9. The Balaban J connectivity index is 0.00000420. The van der Waals surface area contributed by atoms with Crippen molar-refractivity contribution in [3.8, 4) is 0 Å². The first-order valence-corrected chi connectivity index (χ1v) is 9.33. The van der Waals surface area contributed by atoms with Crippen LogP contribution in [-0.2, 0) is 24.2 Å². The molecule has 0 unspecified atom stereocenters. The molecule has 0 radical (unpaired) electrons. The lowest BCUT2D eigenvalue weighted by atomic mass is 10.1. The number of nitrogens with zero attached hydrogens (tertiary/aromatic N) is 5. The van der Waals surface area contributed by atoms with E-state index >= 15 is 0 Å². The summed E-state index contributed by atoms with van der Waals surface area (Å²) in [5.74, 6) is 1.16. The fraction of sp³-hybridized carbons (Fsp3) is 0.474. The molecule has 0 aliphatic heterocycles. The molecule has 0 bridgehead atoms. The molecule has 0 spiro atoms. The summed E-state index contributed by atoms with van der Waals surface area (Å²) >= 11 is 0. The molecular formula is C19H29FIN7O. The highest BCUT2D eigenvalue weighted by Gasteiger charge is 2.06. The van der Waals surface area contributed by atoms with E-state index in [0.717, 1.165) is 17.8 Å². The van der Waals surface area contributed by atoms with E-state index in [-0.39, 0.29) is 42.2 Å². The quantitative estimate of drug-likeness (QED) is 0.299. The van der Waals surface area contributed by atoms with Gasteiger partial charge in [-0.3, -0.25) is 4.79 Å². The van der Waals surface area contributed by atoms with Crippen molar-refractivity contribution in [2.45, 2.75) is 26.3 Å². The van der Waals surface area contributed by atoms with Gasteiger partial charge < -0.3 is 20.1 Å². The molecule has 2 aromatic rings. The lowest BCUT2D eigenvalue weighted by Gasteiger charge is -2.14. The highest BCUT2D eigenvalue weighted by atomic mass is 127. The largest absolute Gasteiger partial charge is 0.356 e. The van der Waals surface area contributed by atoms with E-state index < -0.39 is 0 Å². The van der Waals surface area contributed by atoms with Gasteiger partial charge in [-0.2, -0.15) is 0 Å². The lowest BCUT2D eigenvalue weighted by molar-refractivity contribution is -0.127. The average Bonchev–Trinajstić information content (AvgIpc) is 3.14. The molecule has 0 aliphatic rings. The molecule has 0 atom stereocenters. The number of halogens is 2. The molecule has 1 amide bonds. The number of guanidine groups is 1. The highest BCUT2D eigenvalue weighted by Crippen LogP contribution is 2.02. The number of nitrogens with one attached hydrogen (secondary N) is 2. The summed E-state index contributed by atoms with van der Waals surface area (Å²) in [6.45, 7) is 4.01. The van der Waals surface area contributed by atoms with Crippen LogP contribution < -0.4 is 10.6 Å². The first-order valence-electron chi connectivity index (χ1n) is 9.33. The molecule has 160 valence electrons. The number of carbonyl (C=O) groups excluding carboxylic acids is 1. The molecular weight excluding hydrogens is 488 g/mol. The minimum absolute atomic E-state index is 0. The molecule has 1 heterocycles. The summed E-state index contributed by atoms with van der Waals surface area (Å²) in [5.41, 5.74) is 1.02. The molecule has 0 saturated heterocycles. The maximum Gasteiger partial charge on any atom is 0.243 e. The van der Waals surface area contributed by atoms with Crippen molar-refractivity contribution in [2.24, 2.45) is 4.99 Å². The van der Waals surface area contributed by atoms with E-state index in [2.05, 4.69) is 25.8 Å². The summed E-state index contributed by atoms with van der Waals surface area (Å²) in [7, 11) is 3.40. The number of amides is 1. The van der Waals surface area contributed by atoms with E-state index in [4.69, 9.17) is 0 Å². The van der Waals surface area contributed by atoms with Gasteiger partial charge in [0.05, 0.1) is 0 Å². The Morgan fingerprint density at radius 1 is 1.21 bits per heavy atom. The van der Waals surface area contributed by atoms with E-state index in [1.807, 2.05) is 11.5 Å². The van der Waals surface area contributed by atoms with Crippen LogP contribution in [0.5, 0.6) is 0 Å². The van der Waals surface area contributed by atoms with Crippen LogP contribution in [0.2, 0.25) is 0 Å². The van der Waals surface area contributed by atoms with Gasteiger partial charge in [-0.15, -0.1) is 34.2 Å². The van der Waals surface area contributed by atoms with Crippen molar-refractivity contribution in [3.05, 3.63) is 47.8 Å². The van der Waals surface area contributed by atoms with Crippen LogP contribution in [0.4, 0.5) is 4.39 Å². The van der Waals surface area contributed by atoms with Gasteiger partial charge in [0.2, 0.25) is 5.91 Å². The summed E-state index contributed by atoms with van der Waals surface area (Å²) < 4.78 is 15.0. The van der Waals surface area contributed by atoms with Gasteiger partial charge in [0, 0.05) is 40.2 Å². The minimum atomic E-state index is -0.247. The second kappa shape index (κ2) is 13.1. The normalized spacial score (nSPS) is 11.0. The molecule has 10 heteroatoms.